The van der Waals surface area contributed by atoms with E-state index in [0.29, 0.717) is 29.8 Å². The van der Waals surface area contributed by atoms with Crippen molar-refractivity contribution in [2.24, 2.45) is 0 Å². The highest BCUT2D eigenvalue weighted by Crippen LogP contribution is 2.32. The summed E-state index contributed by atoms with van der Waals surface area (Å²) in [5, 5.41) is 11.3. The summed E-state index contributed by atoms with van der Waals surface area (Å²) in [6.45, 7) is 8.16. The van der Waals surface area contributed by atoms with Gasteiger partial charge in [-0.05, 0) is 62.7 Å². The molecule has 1 aromatic heterocycles. The summed E-state index contributed by atoms with van der Waals surface area (Å²) in [5.41, 5.74) is 2.25. The van der Waals surface area contributed by atoms with Gasteiger partial charge >= 0.3 is 0 Å². The molecule has 4 aromatic rings. The third-order valence-electron chi connectivity index (χ3n) is 6.68. The first-order valence-electron chi connectivity index (χ1n) is 13.3. The van der Waals surface area contributed by atoms with E-state index in [1.54, 1.807) is 18.2 Å². The van der Waals surface area contributed by atoms with Crippen LogP contribution in [0.1, 0.15) is 32.4 Å². The lowest BCUT2D eigenvalue weighted by Crippen LogP contribution is -2.50. The van der Waals surface area contributed by atoms with Gasteiger partial charge in [0.15, 0.2) is 0 Å². The summed E-state index contributed by atoms with van der Waals surface area (Å²) in [6, 6.07) is 19.6. The normalized spacial score (nSPS) is 14.7. The molecule has 0 aliphatic carbocycles. The quantitative estimate of drug-likeness (QED) is 0.377. The predicted molar refractivity (Wildman–Crippen MR) is 152 cm³/mol. The number of hydrogen-bond acceptors (Lipinski definition) is 6. The maximum atomic E-state index is 15.3. The number of ether oxygens (including phenoxy) is 1. The fourth-order valence-corrected chi connectivity index (χ4v) is 4.85. The Labute approximate surface area is 232 Å². The summed E-state index contributed by atoms with van der Waals surface area (Å²) in [5.74, 6) is -1.54. The second kappa shape index (κ2) is 11.4. The lowest BCUT2D eigenvalue weighted by molar-refractivity contribution is -0.128. The molecule has 1 saturated heterocycles. The van der Waals surface area contributed by atoms with Crippen LogP contribution in [0.15, 0.2) is 72.8 Å². The van der Waals surface area contributed by atoms with Crippen LogP contribution in [-0.2, 0) is 20.9 Å². The Kier molecular flexibility index (Phi) is 7.79. The van der Waals surface area contributed by atoms with Gasteiger partial charge in [0.25, 0.3) is 0 Å². The number of rotatable bonds is 7. The van der Waals surface area contributed by atoms with Gasteiger partial charge in [-0.25, -0.2) is 9.07 Å². The molecule has 1 N–H and O–H groups in total. The number of carbonyl (C=O) groups excluding carboxylic acids is 2. The molecule has 1 fully saturated rings. The molecule has 3 aromatic carbocycles. The topological polar surface area (TPSA) is 92.6 Å². The predicted octanol–water partition coefficient (Wildman–Crippen LogP) is 4.10. The average molecular weight is 545 g/mol. The smallest absolute Gasteiger partial charge is 0.249 e. The number of aromatic nitrogens is 3. The van der Waals surface area contributed by atoms with E-state index >= 15 is 4.39 Å². The van der Waals surface area contributed by atoms with Crippen LogP contribution in [-0.4, -0.2) is 58.7 Å². The van der Waals surface area contributed by atoms with Crippen molar-refractivity contribution >= 4 is 34.2 Å². The van der Waals surface area contributed by atoms with E-state index in [1.165, 1.54) is 21.7 Å². The lowest BCUT2D eigenvalue weighted by atomic mass is 10.00. The number of amides is 2. The molecule has 40 heavy (non-hydrogen) atoms. The summed E-state index contributed by atoms with van der Waals surface area (Å²) >= 11 is 0. The van der Waals surface area contributed by atoms with Crippen LogP contribution < -0.4 is 15.1 Å². The van der Waals surface area contributed by atoms with Gasteiger partial charge in [0.05, 0.1) is 24.4 Å². The van der Waals surface area contributed by atoms with E-state index in [-0.39, 0.29) is 12.2 Å². The zero-order valence-corrected chi connectivity index (χ0v) is 22.9. The first kappa shape index (κ1) is 27.3. The first-order chi connectivity index (χ1) is 19.2. The lowest BCUT2D eigenvalue weighted by Gasteiger charge is -2.34. The maximum absolute atomic E-state index is 15.3. The van der Waals surface area contributed by atoms with Crippen molar-refractivity contribution in [3.05, 3.63) is 84.2 Å². The van der Waals surface area contributed by atoms with Gasteiger partial charge in [-0.15, -0.1) is 5.10 Å². The van der Waals surface area contributed by atoms with Crippen LogP contribution in [0.2, 0.25) is 0 Å². The summed E-state index contributed by atoms with van der Waals surface area (Å²) in [6.07, 6.45) is 0. The molecule has 2 heterocycles. The molecule has 0 saturated carbocycles. The number of halogens is 1. The highest BCUT2D eigenvalue weighted by Gasteiger charge is 2.36. The number of nitrogens with one attached hydrogen (secondary N) is 1. The van der Waals surface area contributed by atoms with Crippen molar-refractivity contribution in [2.45, 2.75) is 38.9 Å². The standard InChI is InChI=1S/C30H33FN6O3/c1-30(2,3)32-29(39)28(21-12-14-22(15-13-21)35-16-18-40-19-17-35)37(25-10-6-4-8-23(25)31)27(38)20-36-26-11-7-5-9-24(26)33-34-36/h4-15,28H,16-20H2,1-3H3,(H,32,39). The fraction of sp³-hybridized carbons (Fsp3) is 0.333. The van der Waals surface area contributed by atoms with Crippen LogP contribution in [0, 0.1) is 5.82 Å². The number of fused-ring (bicyclic) bond motifs is 1. The number of para-hydroxylation sites is 2. The number of hydrogen-bond donors (Lipinski definition) is 1. The van der Waals surface area contributed by atoms with Crippen LogP contribution in [0.4, 0.5) is 15.8 Å². The molecular weight excluding hydrogens is 511 g/mol. The monoisotopic (exact) mass is 544 g/mol. The first-order valence-corrected chi connectivity index (χ1v) is 13.3. The zero-order valence-electron chi connectivity index (χ0n) is 22.9. The van der Waals surface area contributed by atoms with Crippen molar-refractivity contribution in [3.8, 4) is 0 Å². The van der Waals surface area contributed by atoms with E-state index in [4.69, 9.17) is 4.74 Å². The molecule has 9 nitrogen and oxygen atoms in total. The van der Waals surface area contributed by atoms with Gasteiger partial charge in [0, 0.05) is 24.3 Å². The van der Waals surface area contributed by atoms with Crippen LogP contribution in [0.5, 0.6) is 0 Å². The molecule has 10 heteroatoms. The molecule has 1 aliphatic rings. The minimum atomic E-state index is -1.14. The van der Waals surface area contributed by atoms with E-state index in [0.717, 1.165) is 18.8 Å². The van der Waals surface area contributed by atoms with E-state index in [2.05, 4.69) is 20.5 Å². The third-order valence-corrected chi connectivity index (χ3v) is 6.68. The van der Waals surface area contributed by atoms with Crippen molar-refractivity contribution < 1.29 is 18.7 Å². The van der Waals surface area contributed by atoms with E-state index < -0.39 is 29.2 Å². The minimum Gasteiger partial charge on any atom is -0.378 e. The SMILES string of the molecule is CC(C)(C)NC(=O)C(c1ccc(N2CCOCC2)cc1)N(C(=O)Cn1nnc2ccccc21)c1ccccc1F. The Hall–Kier alpha value is -4.31. The van der Waals surface area contributed by atoms with Crippen molar-refractivity contribution in [1.82, 2.24) is 20.3 Å². The molecule has 1 atom stereocenters. The summed E-state index contributed by atoms with van der Waals surface area (Å²) in [4.78, 5) is 31.4. The molecule has 208 valence electrons. The van der Waals surface area contributed by atoms with Gasteiger partial charge < -0.3 is 15.0 Å². The van der Waals surface area contributed by atoms with Gasteiger partial charge in [0.2, 0.25) is 11.8 Å². The molecule has 1 aliphatic heterocycles. The molecule has 0 spiro atoms. The fourth-order valence-electron chi connectivity index (χ4n) is 4.85. The van der Waals surface area contributed by atoms with E-state index in [9.17, 15) is 9.59 Å². The Bertz CT molecular complexity index is 1490. The number of carbonyl (C=O) groups is 2. The second-order valence-corrected chi connectivity index (χ2v) is 10.8. The molecule has 2 amide bonds. The molecule has 5 rings (SSSR count). The minimum absolute atomic E-state index is 0.00300. The molecule has 1 unspecified atom stereocenters. The van der Waals surface area contributed by atoms with E-state index in [1.807, 2.05) is 63.2 Å². The third kappa shape index (κ3) is 5.96. The number of benzene rings is 3. The van der Waals surface area contributed by atoms with Gasteiger partial charge in [-0.3, -0.25) is 14.5 Å². The van der Waals surface area contributed by atoms with Gasteiger partial charge in [-0.2, -0.15) is 0 Å². The van der Waals surface area contributed by atoms with Crippen molar-refractivity contribution in [2.75, 3.05) is 36.1 Å². The summed E-state index contributed by atoms with van der Waals surface area (Å²) < 4.78 is 22.3. The highest BCUT2D eigenvalue weighted by molar-refractivity contribution is 6.01. The Morgan fingerprint density at radius 1 is 1.00 bits per heavy atom. The number of nitrogens with zero attached hydrogens (tertiary/aromatic N) is 5. The Morgan fingerprint density at radius 3 is 2.38 bits per heavy atom. The number of anilines is 2. The van der Waals surface area contributed by atoms with Gasteiger partial charge in [0.1, 0.15) is 23.9 Å². The average Bonchev–Trinajstić information content (AvgIpc) is 3.34. The molecule has 0 bridgehead atoms. The van der Waals surface area contributed by atoms with Crippen molar-refractivity contribution in [3.63, 3.8) is 0 Å². The second-order valence-electron chi connectivity index (χ2n) is 10.8. The molecule has 0 radical (unpaired) electrons. The highest BCUT2D eigenvalue weighted by atomic mass is 19.1. The summed E-state index contributed by atoms with van der Waals surface area (Å²) in [7, 11) is 0. The Balaban J connectivity index is 1.57. The zero-order chi connectivity index (χ0) is 28.3. The Morgan fingerprint density at radius 2 is 1.68 bits per heavy atom. The van der Waals surface area contributed by atoms with Gasteiger partial charge in [-0.1, -0.05) is 41.6 Å². The van der Waals surface area contributed by atoms with Crippen LogP contribution in [0.25, 0.3) is 11.0 Å². The van der Waals surface area contributed by atoms with Crippen LogP contribution >= 0.6 is 0 Å². The largest absolute Gasteiger partial charge is 0.378 e. The molecular formula is C30H33FN6O3. The van der Waals surface area contributed by atoms with Crippen LogP contribution in [0.3, 0.4) is 0 Å². The maximum Gasteiger partial charge on any atom is 0.249 e. The van der Waals surface area contributed by atoms with Crippen molar-refractivity contribution in [1.29, 1.82) is 0 Å². The number of morpholine rings is 1.